The lowest BCUT2D eigenvalue weighted by Crippen LogP contribution is -2.32. The smallest absolute Gasteiger partial charge is 0.164 e. The molecule has 1 aromatic heterocycles. The van der Waals surface area contributed by atoms with Gasteiger partial charge in [0.2, 0.25) is 0 Å². The normalized spacial score (nSPS) is 14.1. The maximum atomic E-state index is 6.56. The lowest BCUT2D eigenvalue weighted by atomic mass is 9.66. The van der Waals surface area contributed by atoms with Crippen molar-refractivity contribution in [2.24, 2.45) is 0 Å². The Hall–Kier alpha value is -7.95. The molecule has 0 fully saturated rings. The SMILES string of the molecule is CC1=CC2=Cc3cc1c(-c1ccc(-c4nc(-c5ccccc5)nc(-c5ccc(-c6ccc7c(c6)C6(c8ccccc8Oc8ccccc86)c6ccccc6-7)cc5)n4)cc1)cc32. The standard InChI is InChI=1S/C57H35N3O/c1-34-29-41-30-42-31-45(34)47(33-46(41)42)36-21-25-39(26-22-36)56-59-54(37-11-3-2-4-12-37)58-55(60-56)38-23-19-35(20-24-38)40-27-28-44-43-13-5-6-14-48(43)57(51(44)32-40)49-15-7-9-17-52(49)61-53-18-10-8-16-50(53)57/h2-33H,1H3. The second-order valence-electron chi connectivity index (χ2n) is 16.4. The van der Waals surface area contributed by atoms with E-state index in [0.29, 0.717) is 17.5 Å². The summed E-state index contributed by atoms with van der Waals surface area (Å²) < 4.78 is 6.56. The monoisotopic (exact) mass is 777 g/mol. The number of benzene rings is 8. The van der Waals surface area contributed by atoms with Crippen molar-refractivity contribution in [2.45, 2.75) is 12.3 Å². The van der Waals surface area contributed by atoms with Crippen LogP contribution in [-0.4, -0.2) is 15.0 Å². The number of fused-ring (bicyclic) bond motifs is 10. The maximum Gasteiger partial charge on any atom is 0.164 e. The molecule has 0 amide bonds. The van der Waals surface area contributed by atoms with E-state index < -0.39 is 5.41 Å². The molecule has 5 aliphatic carbocycles. The van der Waals surface area contributed by atoms with E-state index in [1.165, 1.54) is 61.2 Å². The van der Waals surface area contributed by atoms with Gasteiger partial charge in [-0.2, -0.15) is 0 Å². The highest BCUT2D eigenvalue weighted by Crippen LogP contribution is 2.62. The van der Waals surface area contributed by atoms with Crippen LogP contribution < -0.4 is 4.74 Å². The molecule has 0 unspecified atom stereocenters. The fraction of sp³-hybridized carbons (Fsp3) is 0.0351. The first kappa shape index (κ1) is 34.0. The van der Waals surface area contributed by atoms with Crippen LogP contribution in [-0.2, 0) is 5.41 Å². The Morgan fingerprint density at radius 2 is 0.885 bits per heavy atom. The summed E-state index contributed by atoms with van der Waals surface area (Å²) in [5, 5.41) is 0. The van der Waals surface area contributed by atoms with E-state index in [4.69, 9.17) is 19.7 Å². The Kier molecular flexibility index (Phi) is 7.11. The van der Waals surface area contributed by atoms with E-state index in [9.17, 15) is 0 Å². The van der Waals surface area contributed by atoms with E-state index in [0.717, 1.165) is 50.4 Å². The Bertz CT molecular complexity index is 3330. The van der Waals surface area contributed by atoms with Gasteiger partial charge in [0.05, 0.1) is 5.41 Å². The molecular weight excluding hydrogens is 743 g/mol. The minimum absolute atomic E-state index is 0.518. The van der Waals surface area contributed by atoms with Gasteiger partial charge in [-0.05, 0) is 116 Å². The molecule has 9 aromatic rings. The highest BCUT2D eigenvalue weighted by Gasteiger charge is 2.51. The molecule has 4 bridgehead atoms. The minimum atomic E-state index is -0.518. The second kappa shape index (κ2) is 12.8. The number of nitrogens with zero attached hydrogens (tertiary/aromatic N) is 3. The van der Waals surface area contributed by atoms with Gasteiger partial charge in [-0.25, -0.2) is 15.0 Å². The van der Waals surface area contributed by atoms with Gasteiger partial charge >= 0.3 is 0 Å². The van der Waals surface area contributed by atoms with Crippen LogP contribution in [0.15, 0.2) is 188 Å². The number of hydrogen-bond acceptors (Lipinski definition) is 4. The lowest BCUT2D eigenvalue weighted by molar-refractivity contribution is 0.436. The number of allylic oxidation sites excluding steroid dienone is 3. The average molecular weight is 778 g/mol. The molecule has 0 saturated heterocycles. The highest BCUT2D eigenvalue weighted by atomic mass is 16.5. The molecule has 1 spiro atoms. The minimum Gasteiger partial charge on any atom is -0.457 e. The summed E-state index contributed by atoms with van der Waals surface area (Å²) in [6.07, 6.45) is 4.57. The predicted molar refractivity (Wildman–Crippen MR) is 246 cm³/mol. The summed E-state index contributed by atoms with van der Waals surface area (Å²) in [5.74, 6) is 3.70. The van der Waals surface area contributed by atoms with Gasteiger partial charge in [-0.3, -0.25) is 0 Å². The molecule has 0 saturated carbocycles. The van der Waals surface area contributed by atoms with Gasteiger partial charge in [0.25, 0.3) is 0 Å². The molecular formula is C57H35N3O. The first-order chi connectivity index (χ1) is 30.1. The molecule has 0 radical (unpaired) electrons. The number of hydrogen-bond donors (Lipinski definition) is 0. The Morgan fingerprint density at radius 1 is 0.361 bits per heavy atom. The summed E-state index contributed by atoms with van der Waals surface area (Å²) in [5.41, 5.74) is 20.9. The molecule has 6 aliphatic rings. The van der Waals surface area contributed by atoms with Crippen LogP contribution in [0, 0.1) is 0 Å². The summed E-state index contributed by atoms with van der Waals surface area (Å²) >= 11 is 0. The molecule has 0 N–H and O–H groups in total. The number of ether oxygens (including phenoxy) is 1. The van der Waals surface area contributed by atoms with Crippen molar-refractivity contribution < 1.29 is 4.74 Å². The molecule has 2 heterocycles. The summed E-state index contributed by atoms with van der Waals surface area (Å²) in [4.78, 5) is 15.2. The van der Waals surface area contributed by atoms with Gasteiger partial charge in [0.15, 0.2) is 17.5 Å². The fourth-order valence-electron chi connectivity index (χ4n) is 10.1. The lowest BCUT2D eigenvalue weighted by Gasteiger charge is -2.39. The Balaban J connectivity index is 0.895. The molecule has 4 heteroatoms. The van der Waals surface area contributed by atoms with Crippen LogP contribution >= 0.6 is 0 Å². The third-order valence-corrected chi connectivity index (χ3v) is 13.1. The molecule has 284 valence electrons. The summed E-state index contributed by atoms with van der Waals surface area (Å²) in [6, 6.07) is 64.9. The van der Waals surface area contributed by atoms with Crippen LogP contribution in [0.3, 0.4) is 0 Å². The van der Waals surface area contributed by atoms with Crippen LogP contribution in [0.2, 0.25) is 0 Å². The summed E-state index contributed by atoms with van der Waals surface area (Å²) in [7, 11) is 0. The van der Waals surface area contributed by atoms with Crippen molar-refractivity contribution in [3.63, 3.8) is 0 Å². The van der Waals surface area contributed by atoms with Crippen LogP contribution in [0.1, 0.15) is 45.9 Å². The van der Waals surface area contributed by atoms with Crippen LogP contribution in [0.5, 0.6) is 11.5 Å². The number of rotatable bonds is 5. The molecule has 8 aromatic carbocycles. The first-order valence-electron chi connectivity index (χ1n) is 20.8. The third kappa shape index (κ3) is 4.97. The largest absolute Gasteiger partial charge is 0.457 e. The van der Waals surface area contributed by atoms with Gasteiger partial charge in [-0.15, -0.1) is 0 Å². The zero-order chi connectivity index (χ0) is 40.2. The van der Waals surface area contributed by atoms with Gasteiger partial charge in [-0.1, -0.05) is 158 Å². The Labute approximate surface area is 353 Å². The van der Waals surface area contributed by atoms with Crippen LogP contribution in [0.25, 0.3) is 84.8 Å². The van der Waals surface area contributed by atoms with Crippen LogP contribution in [0.4, 0.5) is 0 Å². The zero-order valence-electron chi connectivity index (χ0n) is 33.2. The topological polar surface area (TPSA) is 47.9 Å². The maximum absolute atomic E-state index is 6.56. The van der Waals surface area contributed by atoms with Crippen molar-refractivity contribution in [1.82, 2.24) is 15.0 Å². The van der Waals surface area contributed by atoms with E-state index in [1.807, 2.05) is 18.2 Å². The van der Waals surface area contributed by atoms with Crippen molar-refractivity contribution >= 4 is 17.2 Å². The third-order valence-electron chi connectivity index (χ3n) is 13.1. The van der Waals surface area contributed by atoms with E-state index >= 15 is 0 Å². The van der Waals surface area contributed by atoms with Crippen molar-refractivity contribution in [1.29, 1.82) is 0 Å². The number of para-hydroxylation sites is 2. The van der Waals surface area contributed by atoms with E-state index in [-0.39, 0.29) is 0 Å². The van der Waals surface area contributed by atoms with Crippen molar-refractivity contribution in [2.75, 3.05) is 0 Å². The molecule has 15 rings (SSSR count). The van der Waals surface area contributed by atoms with Crippen molar-refractivity contribution in [3.8, 4) is 79.0 Å². The summed E-state index contributed by atoms with van der Waals surface area (Å²) in [6.45, 7) is 2.20. The van der Waals surface area contributed by atoms with Gasteiger partial charge in [0, 0.05) is 27.8 Å². The second-order valence-corrected chi connectivity index (χ2v) is 16.4. The van der Waals surface area contributed by atoms with Gasteiger partial charge < -0.3 is 4.74 Å². The molecule has 0 atom stereocenters. The predicted octanol–water partition coefficient (Wildman–Crippen LogP) is 13.9. The van der Waals surface area contributed by atoms with E-state index in [2.05, 4.69) is 183 Å². The zero-order valence-corrected chi connectivity index (χ0v) is 33.2. The van der Waals surface area contributed by atoms with E-state index in [1.54, 1.807) is 0 Å². The number of aromatic nitrogens is 3. The molecule has 4 nitrogen and oxygen atoms in total. The quantitative estimate of drug-likeness (QED) is 0.175. The average Bonchev–Trinajstić information content (AvgIpc) is 3.39. The molecule has 1 aliphatic heterocycles. The fourth-order valence-corrected chi connectivity index (χ4v) is 10.1. The Morgan fingerprint density at radius 3 is 1.56 bits per heavy atom. The highest BCUT2D eigenvalue weighted by molar-refractivity contribution is 6.08. The molecule has 61 heavy (non-hydrogen) atoms. The van der Waals surface area contributed by atoms with Crippen molar-refractivity contribution in [3.05, 3.63) is 227 Å². The first-order valence-corrected chi connectivity index (χ1v) is 20.8. The van der Waals surface area contributed by atoms with Gasteiger partial charge in [0.1, 0.15) is 11.5 Å².